The molecule has 0 aromatic heterocycles. The third kappa shape index (κ3) is 2.56. The molecule has 1 rings (SSSR count). The summed E-state index contributed by atoms with van der Waals surface area (Å²) < 4.78 is 0. The van der Waals surface area contributed by atoms with Gasteiger partial charge in [-0.25, -0.2) is 0 Å². The van der Waals surface area contributed by atoms with E-state index < -0.39 is 0 Å². The van der Waals surface area contributed by atoms with E-state index in [0.717, 1.165) is 0 Å². The molecule has 3 heteroatoms. The second kappa shape index (κ2) is 5.13. The summed E-state index contributed by atoms with van der Waals surface area (Å²) in [6.07, 6.45) is 0.698. The molecule has 0 aliphatic rings. The Morgan fingerprint density at radius 2 is 2.14 bits per heavy atom. The topological polar surface area (TPSA) is 43.1 Å². The molecular formula is C11H14ClNO. The third-order valence-electron chi connectivity index (χ3n) is 2.19. The molecule has 0 aliphatic carbocycles. The Hall–Kier alpha value is -0.860. The van der Waals surface area contributed by atoms with Crippen LogP contribution in [0.5, 0.6) is 0 Å². The highest BCUT2D eigenvalue weighted by Crippen LogP contribution is 2.19. The van der Waals surface area contributed by atoms with Gasteiger partial charge in [0.1, 0.15) is 0 Å². The minimum absolute atomic E-state index is 0.0556. The molecule has 0 spiro atoms. The van der Waals surface area contributed by atoms with Crippen LogP contribution in [0.4, 0.5) is 0 Å². The third-order valence-corrected chi connectivity index (χ3v) is 2.52. The van der Waals surface area contributed by atoms with Crippen LogP contribution in [0, 0.1) is 5.92 Å². The SMILES string of the molecule is CC(CCN)C(=O)c1ccccc1Cl. The lowest BCUT2D eigenvalue weighted by Crippen LogP contribution is -2.15. The number of carbonyl (C=O) groups excluding carboxylic acids is 1. The van der Waals surface area contributed by atoms with E-state index in [4.69, 9.17) is 17.3 Å². The number of nitrogens with two attached hydrogens (primary N) is 1. The fourth-order valence-corrected chi connectivity index (χ4v) is 1.54. The van der Waals surface area contributed by atoms with E-state index in [9.17, 15) is 4.79 Å². The van der Waals surface area contributed by atoms with Gasteiger partial charge in [-0.3, -0.25) is 4.79 Å². The van der Waals surface area contributed by atoms with Crippen LogP contribution in [0.25, 0.3) is 0 Å². The maximum absolute atomic E-state index is 11.8. The molecule has 0 fully saturated rings. The van der Waals surface area contributed by atoms with E-state index in [1.165, 1.54) is 0 Å². The zero-order valence-corrected chi connectivity index (χ0v) is 8.92. The van der Waals surface area contributed by atoms with Gasteiger partial charge in [0, 0.05) is 11.5 Å². The molecular weight excluding hydrogens is 198 g/mol. The monoisotopic (exact) mass is 211 g/mol. The molecule has 0 amide bonds. The van der Waals surface area contributed by atoms with Crippen molar-refractivity contribution < 1.29 is 4.79 Å². The highest BCUT2D eigenvalue weighted by molar-refractivity contribution is 6.34. The summed E-state index contributed by atoms with van der Waals surface area (Å²) in [7, 11) is 0. The van der Waals surface area contributed by atoms with E-state index in [1.54, 1.807) is 12.1 Å². The second-order valence-corrected chi connectivity index (χ2v) is 3.73. The molecule has 1 unspecified atom stereocenters. The van der Waals surface area contributed by atoms with Crippen molar-refractivity contribution in [3.8, 4) is 0 Å². The van der Waals surface area contributed by atoms with Gasteiger partial charge >= 0.3 is 0 Å². The average Bonchev–Trinajstić information content (AvgIpc) is 2.18. The summed E-state index contributed by atoms with van der Waals surface area (Å²) in [5.74, 6) is 0.0148. The number of Topliss-reactive ketones (excluding diaryl/α,β-unsaturated/α-hetero) is 1. The van der Waals surface area contributed by atoms with E-state index in [0.29, 0.717) is 23.6 Å². The highest BCUT2D eigenvalue weighted by atomic mass is 35.5. The van der Waals surface area contributed by atoms with Gasteiger partial charge in [0.05, 0.1) is 5.02 Å². The minimum Gasteiger partial charge on any atom is -0.330 e. The molecule has 1 atom stereocenters. The first-order valence-electron chi connectivity index (χ1n) is 4.65. The first-order valence-corrected chi connectivity index (χ1v) is 5.03. The summed E-state index contributed by atoms with van der Waals surface area (Å²) in [4.78, 5) is 11.8. The van der Waals surface area contributed by atoms with Crippen LogP contribution in [0.1, 0.15) is 23.7 Å². The molecule has 1 aromatic rings. The van der Waals surface area contributed by atoms with E-state index >= 15 is 0 Å². The van der Waals surface area contributed by atoms with Crippen molar-refractivity contribution >= 4 is 17.4 Å². The number of benzene rings is 1. The number of hydrogen-bond acceptors (Lipinski definition) is 2. The van der Waals surface area contributed by atoms with Gasteiger partial charge in [-0.2, -0.15) is 0 Å². The van der Waals surface area contributed by atoms with Crippen molar-refractivity contribution in [1.82, 2.24) is 0 Å². The Bertz CT molecular complexity index is 325. The Labute approximate surface area is 89.1 Å². The molecule has 0 saturated carbocycles. The Kier molecular flexibility index (Phi) is 4.11. The second-order valence-electron chi connectivity index (χ2n) is 3.32. The Balaban J connectivity index is 2.84. The molecule has 1 aromatic carbocycles. The lowest BCUT2D eigenvalue weighted by molar-refractivity contribution is 0.0925. The summed E-state index contributed by atoms with van der Waals surface area (Å²) in [6.45, 7) is 2.40. The predicted molar refractivity (Wildman–Crippen MR) is 58.6 cm³/mol. The van der Waals surface area contributed by atoms with Crippen LogP contribution >= 0.6 is 11.6 Å². The molecule has 0 radical (unpaired) electrons. The first-order chi connectivity index (χ1) is 6.66. The van der Waals surface area contributed by atoms with Gasteiger partial charge in [0.25, 0.3) is 0 Å². The number of carbonyl (C=O) groups is 1. The van der Waals surface area contributed by atoms with Crippen LogP contribution in [0.2, 0.25) is 5.02 Å². The average molecular weight is 212 g/mol. The number of halogens is 1. The van der Waals surface area contributed by atoms with Crippen LogP contribution in [0.3, 0.4) is 0 Å². The van der Waals surface area contributed by atoms with Crippen molar-refractivity contribution in [3.63, 3.8) is 0 Å². The van der Waals surface area contributed by atoms with Crippen molar-refractivity contribution in [1.29, 1.82) is 0 Å². The fraction of sp³-hybridized carbons (Fsp3) is 0.364. The maximum Gasteiger partial charge on any atom is 0.167 e. The van der Waals surface area contributed by atoms with Crippen LogP contribution in [-0.4, -0.2) is 12.3 Å². The molecule has 0 bridgehead atoms. The molecule has 0 aliphatic heterocycles. The summed E-state index contributed by atoms with van der Waals surface area (Å²) in [5.41, 5.74) is 5.99. The molecule has 2 N–H and O–H groups in total. The summed E-state index contributed by atoms with van der Waals surface area (Å²) >= 11 is 5.91. The zero-order chi connectivity index (χ0) is 10.6. The largest absolute Gasteiger partial charge is 0.330 e. The Morgan fingerprint density at radius 3 is 2.71 bits per heavy atom. The van der Waals surface area contributed by atoms with E-state index in [2.05, 4.69) is 0 Å². The summed E-state index contributed by atoms with van der Waals surface area (Å²) in [5, 5.41) is 0.515. The lowest BCUT2D eigenvalue weighted by Gasteiger charge is -2.09. The van der Waals surface area contributed by atoms with Gasteiger partial charge in [-0.05, 0) is 25.1 Å². The maximum atomic E-state index is 11.8. The molecule has 14 heavy (non-hydrogen) atoms. The predicted octanol–water partition coefficient (Wildman–Crippen LogP) is 2.51. The molecule has 0 heterocycles. The van der Waals surface area contributed by atoms with Crippen molar-refractivity contribution in [2.24, 2.45) is 11.7 Å². The number of rotatable bonds is 4. The summed E-state index contributed by atoms with van der Waals surface area (Å²) in [6, 6.07) is 7.10. The highest BCUT2D eigenvalue weighted by Gasteiger charge is 2.16. The lowest BCUT2D eigenvalue weighted by atomic mass is 9.96. The van der Waals surface area contributed by atoms with Gasteiger partial charge in [0.2, 0.25) is 0 Å². The fourth-order valence-electron chi connectivity index (χ4n) is 1.31. The smallest absolute Gasteiger partial charge is 0.167 e. The van der Waals surface area contributed by atoms with E-state index in [1.807, 2.05) is 19.1 Å². The van der Waals surface area contributed by atoms with Crippen molar-refractivity contribution in [2.75, 3.05) is 6.54 Å². The zero-order valence-electron chi connectivity index (χ0n) is 8.16. The quantitative estimate of drug-likeness (QED) is 0.778. The van der Waals surface area contributed by atoms with Crippen molar-refractivity contribution in [2.45, 2.75) is 13.3 Å². The van der Waals surface area contributed by atoms with Gasteiger partial charge in [-0.15, -0.1) is 0 Å². The van der Waals surface area contributed by atoms with E-state index in [-0.39, 0.29) is 11.7 Å². The van der Waals surface area contributed by atoms with Crippen LogP contribution in [-0.2, 0) is 0 Å². The van der Waals surface area contributed by atoms with Gasteiger partial charge in [-0.1, -0.05) is 30.7 Å². The van der Waals surface area contributed by atoms with Gasteiger partial charge < -0.3 is 5.73 Å². The molecule has 2 nitrogen and oxygen atoms in total. The van der Waals surface area contributed by atoms with Crippen molar-refractivity contribution in [3.05, 3.63) is 34.9 Å². The molecule has 0 saturated heterocycles. The number of ketones is 1. The Morgan fingerprint density at radius 1 is 1.50 bits per heavy atom. The first kappa shape index (κ1) is 11.2. The van der Waals surface area contributed by atoms with Crippen LogP contribution < -0.4 is 5.73 Å². The minimum atomic E-state index is -0.0556. The normalized spacial score (nSPS) is 12.5. The van der Waals surface area contributed by atoms with Gasteiger partial charge in [0.15, 0.2) is 5.78 Å². The van der Waals surface area contributed by atoms with Crippen LogP contribution in [0.15, 0.2) is 24.3 Å². The standard InChI is InChI=1S/C11H14ClNO/c1-8(6-7-13)11(14)9-4-2-3-5-10(9)12/h2-5,8H,6-7,13H2,1H3. The number of hydrogen-bond donors (Lipinski definition) is 1. The molecule has 76 valence electrons.